The predicted molar refractivity (Wildman–Crippen MR) is 105 cm³/mol. The number of rotatable bonds is 2. The molecular formula is C16H21Cl2N5OS. The van der Waals surface area contributed by atoms with Crippen LogP contribution >= 0.6 is 36.6 Å². The zero-order chi connectivity index (χ0) is 15.6. The molecule has 0 saturated carbocycles. The number of β-amino-alcohol motifs (C(OH)–C–C–N with tert-alkyl or cyclic N) is 1. The van der Waals surface area contributed by atoms with Gasteiger partial charge in [-0.15, -0.1) is 24.8 Å². The van der Waals surface area contributed by atoms with Crippen LogP contribution in [0.4, 0.5) is 5.69 Å². The average Bonchev–Trinajstić information content (AvgIpc) is 2.97. The van der Waals surface area contributed by atoms with Crippen molar-refractivity contribution < 1.29 is 5.11 Å². The molecule has 0 unspecified atom stereocenters. The van der Waals surface area contributed by atoms with Gasteiger partial charge in [-0.3, -0.25) is 9.47 Å². The van der Waals surface area contributed by atoms with E-state index in [9.17, 15) is 0 Å². The first kappa shape index (κ1) is 20.1. The fourth-order valence-electron chi connectivity index (χ4n) is 2.95. The van der Waals surface area contributed by atoms with Gasteiger partial charge in [0.05, 0.1) is 12.3 Å². The fraction of sp³-hybridized carbons (Fsp3) is 0.375. The number of benzene rings is 1. The van der Waals surface area contributed by atoms with Crippen LogP contribution in [0.5, 0.6) is 0 Å². The molecule has 0 bridgehead atoms. The van der Waals surface area contributed by atoms with Gasteiger partial charge < -0.3 is 10.0 Å². The molecule has 1 fully saturated rings. The summed E-state index contributed by atoms with van der Waals surface area (Å²) in [5.41, 5.74) is 0.996. The number of aliphatic hydroxyl groups is 1. The quantitative estimate of drug-likeness (QED) is 0.836. The van der Waals surface area contributed by atoms with Crippen LogP contribution in [-0.2, 0) is 0 Å². The number of hydrogen-bond donors (Lipinski definition) is 1. The molecule has 4 rings (SSSR count). The van der Waals surface area contributed by atoms with Crippen molar-refractivity contribution in [2.45, 2.75) is 10.1 Å². The summed E-state index contributed by atoms with van der Waals surface area (Å²) in [5, 5.41) is 10.0. The molecule has 1 N–H and O–H groups in total. The third kappa shape index (κ3) is 4.12. The summed E-state index contributed by atoms with van der Waals surface area (Å²) in [6.07, 6.45) is 3.81. The van der Waals surface area contributed by atoms with Gasteiger partial charge in [0.1, 0.15) is 0 Å². The van der Waals surface area contributed by atoms with E-state index < -0.39 is 0 Å². The zero-order valence-electron chi connectivity index (χ0n) is 13.6. The molecular weight excluding hydrogens is 381 g/mol. The lowest BCUT2D eigenvalue weighted by Crippen LogP contribution is -2.50. The minimum Gasteiger partial charge on any atom is -0.395 e. The normalized spacial score (nSPS) is 16.7. The van der Waals surface area contributed by atoms with Gasteiger partial charge in [0.2, 0.25) is 5.96 Å². The molecule has 2 aliphatic heterocycles. The Kier molecular flexibility index (Phi) is 7.15. The van der Waals surface area contributed by atoms with E-state index >= 15 is 0 Å². The van der Waals surface area contributed by atoms with Crippen molar-refractivity contribution in [3.05, 3.63) is 36.7 Å². The van der Waals surface area contributed by atoms with E-state index in [1.165, 1.54) is 0 Å². The van der Waals surface area contributed by atoms with E-state index in [2.05, 4.69) is 31.5 Å². The van der Waals surface area contributed by atoms with Crippen LogP contribution < -0.4 is 0 Å². The van der Waals surface area contributed by atoms with Crippen LogP contribution in [0, 0.1) is 0 Å². The van der Waals surface area contributed by atoms with E-state index in [1.807, 2.05) is 24.5 Å². The van der Waals surface area contributed by atoms with Gasteiger partial charge in [0.25, 0.3) is 0 Å². The van der Waals surface area contributed by atoms with E-state index in [4.69, 9.17) is 10.1 Å². The third-order valence-corrected chi connectivity index (χ3v) is 5.23. The largest absolute Gasteiger partial charge is 0.395 e. The Labute approximate surface area is 163 Å². The standard InChI is InChI=1S/C16H19N5OS.2ClH/c22-12-11-19-7-9-20(10-8-19)15-18-13-3-1-2-4-14(13)23-16-17-5-6-21(15)16;;/h1-6,22H,7-12H2;2*1H. The van der Waals surface area contributed by atoms with Gasteiger partial charge in [-0.1, -0.05) is 12.1 Å². The zero-order valence-corrected chi connectivity index (χ0v) is 16.1. The Morgan fingerprint density at radius 1 is 1.08 bits per heavy atom. The highest BCUT2D eigenvalue weighted by molar-refractivity contribution is 7.99. The summed E-state index contributed by atoms with van der Waals surface area (Å²) in [6, 6.07) is 8.20. The monoisotopic (exact) mass is 401 g/mol. The van der Waals surface area contributed by atoms with Crippen molar-refractivity contribution in [2.75, 3.05) is 39.3 Å². The molecule has 3 heterocycles. The second-order valence-electron chi connectivity index (χ2n) is 5.61. The first-order valence-electron chi connectivity index (χ1n) is 7.82. The maximum Gasteiger partial charge on any atom is 0.212 e. The summed E-state index contributed by atoms with van der Waals surface area (Å²) in [7, 11) is 0. The number of para-hydroxylation sites is 1. The molecule has 2 aliphatic rings. The Bertz CT molecular complexity index is 731. The maximum absolute atomic E-state index is 9.09. The van der Waals surface area contributed by atoms with Gasteiger partial charge in [-0.2, -0.15) is 0 Å². The molecule has 1 saturated heterocycles. The number of aliphatic hydroxyl groups excluding tert-OH is 1. The SMILES string of the molecule is Cl.Cl.OCCN1CCN(C2=Nc3ccccc3Sc3nccn32)CC1. The minimum absolute atomic E-state index is 0. The van der Waals surface area contributed by atoms with Gasteiger partial charge in [-0.05, 0) is 23.9 Å². The summed E-state index contributed by atoms with van der Waals surface area (Å²) >= 11 is 1.65. The van der Waals surface area contributed by atoms with Crippen molar-refractivity contribution >= 4 is 48.2 Å². The highest BCUT2D eigenvalue weighted by atomic mass is 35.5. The second kappa shape index (κ2) is 8.91. The van der Waals surface area contributed by atoms with Crippen molar-refractivity contribution in [1.82, 2.24) is 19.4 Å². The van der Waals surface area contributed by atoms with Gasteiger partial charge in [0.15, 0.2) is 5.16 Å². The Morgan fingerprint density at radius 3 is 2.60 bits per heavy atom. The van der Waals surface area contributed by atoms with Gasteiger partial charge >= 0.3 is 0 Å². The van der Waals surface area contributed by atoms with E-state index in [-0.39, 0.29) is 31.4 Å². The highest BCUT2D eigenvalue weighted by Crippen LogP contribution is 2.37. The third-order valence-electron chi connectivity index (χ3n) is 4.18. The van der Waals surface area contributed by atoms with Crippen LogP contribution in [0.3, 0.4) is 0 Å². The number of fused-ring (bicyclic) bond motifs is 2. The minimum atomic E-state index is 0. The first-order valence-corrected chi connectivity index (χ1v) is 8.64. The molecule has 1 aromatic carbocycles. The Morgan fingerprint density at radius 2 is 1.84 bits per heavy atom. The molecule has 25 heavy (non-hydrogen) atoms. The van der Waals surface area contributed by atoms with Crippen molar-refractivity contribution in [3.8, 4) is 0 Å². The number of aliphatic imine (C=N–C) groups is 1. The Hall–Kier alpha value is -1.25. The molecule has 0 spiro atoms. The van der Waals surface area contributed by atoms with Crippen molar-refractivity contribution in [1.29, 1.82) is 0 Å². The van der Waals surface area contributed by atoms with Crippen LogP contribution in [-0.4, -0.2) is 69.7 Å². The topological polar surface area (TPSA) is 56.9 Å². The smallest absolute Gasteiger partial charge is 0.212 e. The molecule has 9 heteroatoms. The number of nitrogens with zero attached hydrogens (tertiary/aromatic N) is 5. The lowest BCUT2D eigenvalue weighted by molar-refractivity contribution is 0.145. The number of hydrogen-bond acceptors (Lipinski definition) is 6. The summed E-state index contributed by atoms with van der Waals surface area (Å²) < 4.78 is 2.08. The summed E-state index contributed by atoms with van der Waals surface area (Å²) in [4.78, 5) is 15.1. The summed E-state index contributed by atoms with van der Waals surface area (Å²) in [5.74, 6) is 0.943. The number of piperazine rings is 1. The number of imidazole rings is 1. The molecule has 0 radical (unpaired) electrons. The molecule has 0 atom stereocenters. The first-order chi connectivity index (χ1) is 11.3. The maximum atomic E-state index is 9.09. The van der Waals surface area contributed by atoms with E-state index in [1.54, 1.807) is 11.8 Å². The average molecular weight is 402 g/mol. The summed E-state index contributed by atoms with van der Waals surface area (Å²) in [6.45, 7) is 4.66. The number of aromatic nitrogens is 2. The van der Waals surface area contributed by atoms with Crippen molar-refractivity contribution in [2.24, 2.45) is 4.99 Å². The van der Waals surface area contributed by atoms with Crippen LogP contribution in [0.2, 0.25) is 0 Å². The fourth-order valence-corrected chi connectivity index (χ4v) is 3.87. The van der Waals surface area contributed by atoms with Crippen LogP contribution in [0.15, 0.2) is 51.7 Å². The van der Waals surface area contributed by atoms with E-state index in [0.29, 0.717) is 0 Å². The molecule has 2 aromatic rings. The second-order valence-corrected chi connectivity index (χ2v) is 6.62. The molecule has 1 aromatic heterocycles. The molecule has 136 valence electrons. The molecule has 0 amide bonds. The van der Waals surface area contributed by atoms with Gasteiger partial charge in [0, 0.05) is 50.0 Å². The highest BCUT2D eigenvalue weighted by Gasteiger charge is 2.25. The number of halogens is 2. The van der Waals surface area contributed by atoms with Crippen molar-refractivity contribution in [3.63, 3.8) is 0 Å². The van der Waals surface area contributed by atoms with Gasteiger partial charge in [-0.25, -0.2) is 9.98 Å². The Balaban J connectivity index is 0.00000113. The molecule has 0 aliphatic carbocycles. The van der Waals surface area contributed by atoms with E-state index in [0.717, 1.165) is 54.4 Å². The lowest BCUT2D eigenvalue weighted by Gasteiger charge is -2.36. The van der Waals surface area contributed by atoms with Crippen LogP contribution in [0.25, 0.3) is 0 Å². The van der Waals surface area contributed by atoms with Crippen LogP contribution in [0.1, 0.15) is 0 Å². The predicted octanol–water partition coefficient (Wildman–Crippen LogP) is 2.34. The molecule has 6 nitrogen and oxygen atoms in total. The lowest BCUT2D eigenvalue weighted by atomic mass is 10.3.